The number of amides is 1. The maximum absolute atomic E-state index is 12.7. The fraction of sp³-hybridized carbons (Fsp3) is 0.263. The van der Waals surface area contributed by atoms with Crippen LogP contribution < -0.4 is 5.32 Å². The van der Waals surface area contributed by atoms with Crippen molar-refractivity contribution in [2.45, 2.75) is 25.4 Å². The zero-order chi connectivity index (χ0) is 18.1. The average Bonchev–Trinajstić information content (AvgIpc) is 3.24. The number of hydrogen-bond acceptors (Lipinski definition) is 4. The summed E-state index contributed by atoms with van der Waals surface area (Å²) in [4.78, 5) is 19.3. The molecule has 0 spiro atoms. The molecule has 0 radical (unpaired) electrons. The number of benzene rings is 2. The summed E-state index contributed by atoms with van der Waals surface area (Å²) < 4.78 is 5.79. The van der Waals surface area contributed by atoms with Crippen LogP contribution >= 0.6 is 23.2 Å². The van der Waals surface area contributed by atoms with Gasteiger partial charge in [0, 0.05) is 5.02 Å². The minimum absolute atomic E-state index is 0.0947. The molecular formula is C19H17Cl2N3O2. The molecule has 0 bridgehead atoms. The molecule has 1 N–H and O–H groups in total. The molecule has 1 aliphatic heterocycles. The molecule has 0 unspecified atom stereocenters. The minimum Gasteiger partial charge on any atom is -0.439 e. The van der Waals surface area contributed by atoms with Gasteiger partial charge in [-0.15, -0.1) is 0 Å². The molecule has 7 heteroatoms. The quantitative estimate of drug-likeness (QED) is 0.699. The smallest absolute Gasteiger partial charge is 0.241 e. The highest BCUT2D eigenvalue weighted by Gasteiger charge is 2.32. The lowest BCUT2D eigenvalue weighted by Crippen LogP contribution is -2.39. The predicted octanol–water partition coefficient (Wildman–Crippen LogP) is 4.74. The highest BCUT2D eigenvalue weighted by molar-refractivity contribution is 6.35. The molecule has 134 valence electrons. The van der Waals surface area contributed by atoms with Crippen LogP contribution in [-0.4, -0.2) is 28.4 Å². The number of likely N-dealkylation sites (tertiary alicyclic amines) is 1. The van der Waals surface area contributed by atoms with Gasteiger partial charge in [-0.25, -0.2) is 4.98 Å². The Bertz CT molecular complexity index is 924. The molecule has 1 saturated heterocycles. The van der Waals surface area contributed by atoms with Gasteiger partial charge in [-0.2, -0.15) is 0 Å². The van der Waals surface area contributed by atoms with E-state index in [1.807, 2.05) is 24.3 Å². The van der Waals surface area contributed by atoms with Crippen molar-refractivity contribution in [1.82, 2.24) is 9.88 Å². The summed E-state index contributed by atoms with van der Waals surface area (Å²) >= 11 is 12.1. The third-order valence-corrected chi connectivity index (χ3v) is 5.09. The Morgan fingerprint density at radius 1 is 1.27 bits per heavy atom. The number of hydrogen-bond donors (Lipinski definition) is 1. The van der Waals surface area contributed by atoms with Crippen LogP contribution in [0.25, 0.3) is 11.1 Å². The number of halogens is 2. The summed E-state index contributed by atoms with van der Waals surface area (Å²) in [5, 5.41) is 3.88. The maximum atomic E-state index is 12.7. The minimum atomic E-state index is -0.250. The fourth-order valence-corrected chi connectivity index (χ4v) is 3.62. The van der Waals surface area contributed by atoms with E-state index < -0.39 is 0 Å². The highest BCUT2D eigenvalue weighted by atomic mass is 35.5. The SMILES string of the molecule is O=C(Nc1cc(Cl)ccc1Cl)[C@@H]1CCCN1Cc1nc2ccccc2o1. The standard InChI is InChI=1S/C19H17Cl2N3O2/c20-12-7-8-13(21)15(10-12)23-19(25)16-5-3-9-24(16)11-18-22-14-4-1-2-6-17(14)26-18/h1-2,4,6-8,10,16H,3,5,9,11H2,(H,23,25)/t16-/m0/s1. The Hall–Kier alpha value is -2.08. The summed E-state index contributed by atoms with van der Waals surface area (Å²) in [6, 6.07) is 12.4. The second kappa shape index (κ2) is 7.27. The van der Waals surface area contributed by atoms with Gasteiger partial charge in [0.15, 0.2) is 5.58 Å². The number of anilines is 1. The van der Waals surface area contributed by atoms with E-state index in [9.17, 15) is 4.79 Å². The number of rotatable bonds is 4. The number of aromatic nitrogens is 1. The van der Waals surface area contributed by atoms with E-state index in [2.05, 4.69) is 15.2 Å². The van der Waals surface area contributed by atoms with Gasteiger partial charge >= 0.3 is 0 Å². The number of nitrogens with one attached hydrogen (secondary N) is 1. The van der Waals surface area contributed by atoms with Gasteiger partial charge in [-0.05, 0) is 49.7 Å². The van der Waals surface area contributed by atoms with E-state index in [1.54, 1.807) is 18.2 Å². The zero-order valence-corrected chi connectivity index (χ0v) is 15.4. The number of carbonyl (C=O) groups excluding carboxylic acids is 1. The third-order valence-electron chi connectivity index (χ3n) is 4.53. The first-order valence-corrected chi connectivity index (χ1v) is 9.20. The van der Waals surface area contributed by atoms with Gasteiger partial charge in [0.2, 0.25) is 11.8 Å². The monoisotopic (exact) mass is 389 g/mol. The van der Waals surface area contributed by atoms with Crippen molar-refractivity contribution in [3.8, 4) is 0 Å². The Morgan fingerprint density at radius 2 is 2.12 bits per heavy atom. The Kier molecular flexibility index (Phi) is 4.85. The molecule has 2 heterocycles. The maximum Gasteiger partial charge on any atom is 0.241 e. The molecule has 2 aromatic carbocycles. The van der Waals surface area contributed by atoms with Crippen molar-refractivity contribution in [2.75, 3.05) is 11.9 Å². The fourth-order valence-electron chi connectivity index (χ4n) is 3.28. The zero-order valence-electron chi connectivity index (χ0n) is 13.9. The van der Waals surface area contributed by atoms with Crippen LogP contribution in [0.3, 0.4) is 0 Å². The van der Waals surface area contributed by atoms with Gasteiger partial charge < -0.3 is 9.73 Å². The van der Waals surface area contributed by atoms with E-state index in [0.717, 1.165) is 30.5 Å². The van der Waals surface area contributed by atoms with Crippen LogP contribution in [0.4, 0.5) is 5.69 Å². The second-order valence-electron chi connectivity index (χ2n) is 6.32. The summed E-state index contributed by atoms with van der Waals surface area (Å²) in [5.41, 5.74) is 2.11. The molecule has 4 rings (SSSR count). The number of oxazole rings is 1. The Morgan fingerprint density at radius 3 is 2.96 bits per heavy atom. The molecule has 0 saturated carbocycles. The first-order valence-electron chi connectivity index (χ1n) is 8.44. The molecule has 1 fully saturated rings. The number of fused-ring (bicyclic) bond motifs is 1. The molecule has 1 amide bonds. The Balaban J connectivity index is 1.48. The van der Waals surface area contributed by atoms with E-state index in [0.29, 0.717) is 28.2 Å². The average molecular weight is 390 g/mol. The van der Waals surface area contributed by atoms with Crippen molar-refractivity contribution < 1.29 is 9.21 Å². The van der Waals surface area contributed by atoms with Gasteiger partial charge in [0.1, 0.15) is 5.52 Å². The van der Waals surface area contributed by atoms with Crippen molar-refractivity contribution in [3.63, 3.8) is 0 Å². The molecule has 1 aliphatic rings. The van der Waals surface area contributed by atoms with Crippen LogP contribution in [-0.2, 0) is 11.3 Å². The predicted molar refractivity (Wildman–Crippen MR) is 103 cm³/mol. The van der Waals surface area contributed by atoms with Gasteiger partial charge in [0.25, 0.3) is 0 Å². The Labute approximate surface area is 160 Å². The van der Waals surface area contributed by atoms with Gasteiger partial charge in [0.05, 0.1) is 23.3 Å². The molecule has 0 aliphatic carbocycles. The van der Waals surface area contributed by atoms with Crippen LogP contribution in [0, 0.1) is 0 Å². The number of carbonyl (C=O) groups is 1. The molecule has 1 aromatic heterocycles. The van der Waals surface area contributed by atoms with Crippen LogP contribution in [0.15, 0.2) is 46.9 Å². The van der Waals surface area contributed by atoms with E-state index in [4.69, 9.17) is 27.6 Å². The molecular weight excluding hydrogens is 373 g/mol. The first-order chi connectivity index (χ1) is 12.6. The van der Waals surface area contributed by atoms with Gasteiger partial charge in [-0.3, -0.25) is 9.69 Å². The largest absolute Gasteiger partial charge is 0.439 e. The van der Waals surface area contributed by atoms with Crippen LogP contribution in [0.5, 0.6) is 0 Å². The molecule has 1 atom stereocenters. The van der Waals surface area contributed by atoms with E-state index in [1.165, 1.54) is 0 Å². The normalized spacial score (nSPS) is 17.7. The van der Waals surface area contributed by atoms with E-state index in [-0.39, 0.29) is 11.9 Å². The highest BCUT2D eigenvalue weighted by Crippen LogP contribution is 2.28. The van der Waals surface area contributed by atoms with Gasteiger partial charge in [-0.1, -0.05) is 35.3 Å². The summed E-state index contributed by atoms with van der Waals surface area (Å²) in [5.74, 6) is 0.523. The third kappa shape index (κ3) is 3.56. The molecule has 26 heavy (non-hydrogen) atoms. The summed E-state index contributed by atoms with van der Waals surface area (Å²) in [7, 11) is 0. The van der Waals surface area contributed by atoms with Crippen molar-refractivity contribution >= 4 is 45.9 Å². The van der Waals surface area contributed by atoms with E-state index >= 15 is 0 Å². The lowest BCUT2D eigenvalue weighted by molar-refractivity contribution is -0.120. The molecule has 5 nitrogen and oxygen atoms in total. The summed E-state index contributed by atoms with van der Waals surface area (Å²) in [6.45, 7) is 1.32. The number of para-hydroxylation sites is 2. The second-order valence-corrected chi connectivity index (χ2v) is 7.16. The molecule has 3 aromatic rings. The van der Waals surface area contributed by atoms with Crippen molar-refractivity contribution in [2.24, 2.45) is 0 Å². The summed E-state index contributed by atoms with van der Waals surface area (Å²) in [6.07, 6.45) is 1.73. The topological polar surface area (TPSA) is 58.4 Å². The van der Waals surface area contributed by atoms with Crippen molar-refractivity contribution in [1.29, 1.82) is 0 Å². The lowest BCUT2D eigenvalue weighted by Gasteiger charge is -2.22. The van der Waals surface area contributed by atoms with Crippen molar-refractivity contribution in [3.05, 3.63) is 58.4 Å². The van der Waals surface area contributed by atoms with Crippen LogP contribution in [0.1, 0.15) is 18.7 Å². The number of nitrogens with zero attached hydrogens (tertiary/aromatic N) is 2. The van der Waals surface area contributed by atoms with Crippen LogP contribution in [0.2, 0.25) is 10.0 Å². The first kappa shape index (κ1) is 17.3. The lowest BCUT2D eigenvalue weighted by atomic mass is 10.2.